The number of aromatic nitrogens is 2. The second-order valence-electron chi connectivity index (χ2n) is 5.00. The topological polar surface area (TPSA) is 86.9 Å². The monoisotopic (exact) mass is 272 g/mol. The van der Waals surface area contributed by atoms with Crippen LogP contribution in [0.15, 0.2) is 36.7 Å². The summed E-state index contributed by atoms with van der Waals surface area (Å²) in [5, 5.41) is 4.25. The zero-order chi connectivity index (χ0) is 14.7. The van der Waals surface area contributed by atoms with Crippen LogP contribution in [0.3, 0.4) is 0 Å². The molecule has 0 bridgehead atoms. The first-order chi connectivity index (χ1) is 9.52. The highest BCUT2D eigenvalue weighted by Crippen LogP contribution is 2.23. The van der Waals surface area contributed by atoms with E-state index < -0.39 is 5.91 Å². The van der Waals surface area contributed by atoms with Gasteiger partial charge in [-0.1, -0.05) is 36.8 Å². The SMILES string of the molecule is CCC(N)C(c1cccc(C)c1)n1cc(C(N)=O)cn1. The second-order valence-corrected chi connectivity index (χ2v) is 5.00. The highest BCUT2D eigenvalue weighted by Gasteiger charge is 2.22. The maximum atomic E-state index is 11.2. The van der Waals surface area contributed by atoms with Crippen LogP contribution in [0.5, 0.6) is 0 Å². The highest BCUT2D eigenvalue weighted by molar-refractivity contribution is 5.92. The molecule has 1 aromatic heterocycles. The van der Waals surface area contributed by atoms with Gasteiger partial charge in [0.15, 0.2) is 0 Å². The molecule has 20 heavy (non-hydrogen) atoms. The van der Waals surface area contributed by atoms with Crippen LogP contribution in [0.25, 0.3) is 0 Å². The fraction of sp³-hybridized carbons (Fsp3) is 0.333. The van der Waals surface area contributed by atoms with Crippen molar-refractivity contribution in [3.05, 3.63) is 53.3 Å². The van der Waals surface area contributed by atoms with E-state index in [4.69, 9.17) is 11.5 Å². The molecule has 1 amide bonds. The van der Waals surface area contributed by atoms with Crippen molar-refractivity contribution in [2.24, 2.45) is 11.5 Å². The summed E-state index contributed by atoms with van der Waals surface area (Å²) in [5.74, 6) is -0.482. The normalized spacial score (nSPS) is 13.9. The van der Waals surface area contributed by atoms with Crippen molar-refractivity contribution in [1.29, 1.82) is 0 Å². The summed E-state index contributed by atoms with van der Waals surface area (Å²) in [6.07, 6.45) is 3.95. The Bertz CT molecular complexity index is 605. The van der Waals surface area contributed by atoms with Gasteiger partial charge in [-0.25, -0.2) is 0 Å². The Labute approximate surface area is 118 Å². The van der Waals surface area contributed by atoms with Crippen molar-refractivity contribution < 1.29 is 4.79 Å². The zero-order valence-electron chi connectivity index (χ0n) is 11.8. The van der Waals surface area contributed by atoms with E-state index in [1.54, 1.807) is 10.9 Å². The van der Waals surface area contributed by atoms with Crippen molar-refractivity contribution in [3.63, 3.8) is 0 Å². The van der Waals surface area contributed by atoms with Crippen LogP contribution in [0, 0.1) is 6.92 Å². The van der Waals surface area contributed by atoms with E-state index in [-0.39, 0.29) is 12.1 Å². The molecule has 0 aliphatic rings. The van der Waals surface area contributed by atoms with Gasteiger partial charge in [-0.2, -0.15) is 5.10 Å². The predicted octanol–water partition coefficient (Wildman–Crippen LogP) is 1.62. The second kappa shape index (κ2) is 5.88. The summed E-state index contributed by atoms with van der Waals surface area (Å²) in [6.45, 7) is 4.07. The number of nitrogens with two attached hydrogens (primary N) is 2. The zero-order valence-corrected chi connectivity index (χ0v) is 11.8. The number of primary amides is 1. The molecule has 0 fully saturated rings. The lowest BCUT2D eigenvalue weighted by molar-refractivity contribution is 0.1000. The van der Waals surface area contributed by atoms with Crippen LogP contribution >= 0.6 is 0 Å². The van der Waals surface area contributed by atoms with E-state index in [0.717, 1.165) is 17.5 Å². The van der Waals surface area contributed by atoms with Crippen LogP contribution < -0.4 is 11.5 Å². The van der Waals surface area contributed by atoms with Crippen molar-refractivity contribution in [3.8, 4) is 0 Å². The lowest BCUT2D eigenvalue weighted by Gasteiger charge is -2.24. The molecule has 1 heterocycles. The smallest absolute Gasteiger partial charge is 0.251 e. The first kappa shape index (κ1) is 14.3. The van der Waals surface area contributed by atoms with Gasteiger partial charge in [0.05, 0.1) is 17.8 Å². The standard InChI is InChI=1S/C15H20N4O/c1-3-13(16)14(11-6-4-5-10(2)7-11)19-9-12(8-18-19)15(17)20/h4-9,13-14H,3,16H2,1-2H3,(H2,17,20). The first-order valence-electron chi connectivity index (χ1n) is 6.69. The maximum absolute atomic E-state index is 11.2. The molecule has 0 saturated carbocycles. The fourth-order valence-corrected chi connectivity index (χ4v) is 2.29. The van der Waals surface area contributed by atoms with E-state index >= 15 is 0 Å². The van der Waals surface area contributed by atoms with Crippen LogP contribution in [-0.4, -0.2) is 21.7 Å². The first-order valence-corrected chi connectivity index (χ1v) is 6.69. The summed E-state index contributed by atoms with van der Waals surface area (Å²) in [4.78, 5) is 11.2. The average Bonchev–Trinajstić information content (AvgIpc) is 2.88. The van der Waals surface area contributed by atoms with E-state index in [1.807, 2.05) is 32.0 Å². The van der Waals surface area contributed by atoms with E-state index in [2.05, 4.69) is 11.2 Å². The predicted molar refractivity (Wildman–Crippen MR) is 78.3 cm³/mol. The molecule has 0 radical (unpaired) electrons. The van der Waals surface area contributed by atoms with Gasteiger partial charge in [-0.05, 0) is 18.9 Å². The van der Waals surface area contributed by atoms with Gasteiger partial charge in [-0.3, -0.25) is 9.48 Å². The third-order valence-electron chi connectivity index (χ3n) is 3.43. The number of nitrogens with zero attached hydrogens (tertiary/aromatic N) is 2. The van der Waals surface area contributed by atoms with Gasteiger partial charge in [0.2, 0.25) is 0 Å². The lowest BCUT2D eigenvalue weighted by Crippen LogP contribution is -2.33. The Hall–Kier alpha value is -2.14. The lowest BCUT2D eigenvalue weighted by atomic mass is 9.97. The molecule has 5 heteroatoms. The average molecular weight is 272 g/mol. The molecular formula is C15H20N4O. The van der Waals surface area contributed by atoms with E-state index in [9.17, 15) is 4.79 Å². The third kappa shape index (κ3) is 2.88. The van der Waals surface area contributed by atoms with Crippen LogP contribution in [0.2, 0.25) is 0 Å². The molecule has 2 aromatic rings. The largest absolute Gasteiger partial charge is 0.366 e. The van der Waals surface area contributed by atoms with Crippen LogP contribution in [0.4, 0.5) is 0 Å². The molecule has 2 rings (SSSR count). The summed E-state index contributed by atoms with van der Waals surface area (Å²) in [6, 6.07) is 7.96. The van der Waals surface area contributed by atoms with Gasteiger partial charge in [0, 0.05) is 12.2 Å². The number of rotatable bonds is 5. The third-order valence-corrected chi connectivity index (χ3v) is 3.43. The quantitative estimate of drug-likeness (QED) is 0.867. The summed E-state index contributed by atoms with van der Waals surface area (Å²) in [5.41, 5.74) is 14.2. The van der Waals surface area contributed by atoms with Crippen molar-refractivity contribution >= 4 is 5.91 Å². The minimum atomic E-state index is -0.482. The number of hydrogen-bond acceptors (Lipinski definition) is 3. The molecule has 106 valence electrons. The fourth-order valence-electron chi connectivity index (χ4n) is 2.29. The van der Waals surface area contributed by atoms with Gasteiger partial charge in [0.1, 0.15) is 0 Å². The number of benzene rings is 1. The Morgan fingerprint density at radius 3 is 2.75 bits per heavy atom. The van der Waals surface area contributed by atoms with Crippen LogP contribution in [-0.2, 0) is 0 Å². The minimum Gasteiger partial charge on any atom is -0.366 e. The highest BCUT2D eigenvalue weighted by atomic mass is 16.1. The molecule has 0 spiro atoms. The Balaban J connectivity index is 2.44. The molecule has 0 aliphatic heterocycles. The van der Waals surface area contributed by atoms with E-state index in [1.165, 1.54) is 6.20 Å². The number of carbonyl (C=O) groups excluding carboxylic acids is 1. The number of amides is 1. The Kier molecular flexibility index (Phi) is 4.20. The van der Waals surface area contributed by atoms with Crippen molar-refractivity contribution in [2.45, 2.75) is 32.4 Å². The van der Waals surface area contributed by atoms with Gasteiger partial charge in [0.25, 0.3) is 5.91 Å². The Morgan fingerprint density at radius 1 is 1.45 bits per heavy atom. The van der Waals surface area contributed by atoms with Gasteiger partial charge >= 0.3 is 0 Å². The number of aryl methyl sites for hydroxylation is 1. The van der Waals surface area contributed by atoms with Gasteiger partial charge in [-0.15, -0.1) is 0 Å². The summed E-state index contributed by atoms with van der Waals surface area (Å²) < 4.78 is 1.73. The number of hydrogen-bond donors (Lipinski definition) is 2. The molecule has 0 saturated heterocycles. The van der Waals surface area contributed by atoms with E-state index in [0.29, 0.717) is 5.56 Å². The minimum absolute atomic E-state index is 0.0857. The molecule has 4 N–H and O–H groups in total. The molecule has 0 aliphatic carbocycles. The molecule has 2 atom stereocenters. The molecule has 5 nitrogen and oxygen atoms in total. The summed E-state index contributed by atoms with van der Waals surface area (Å²) in [7, 11) is 0. The molecule has 1 aromatic carbocycles. The van der Waals surface area contributed by atoms with Crippen molar-refractivity contribution in [2.75, 3.05) is 0 Å². The van der Waals surface area contributed by atoms with Gasteiger partial charge < -0.3 is 11.5 Å². The Morgan fingerprint density at radius 2 is 2.20 bits per heavy atom. The van der Waals surface area contributed by atoms with Crippen molar-refractivity contribution in [1.82, 2.24) is 9.78 Å². The molecular weight excluding hydrogens is 252 g/mol. The summed E-state index contributed by atoms with van der Waals surface area (Å²) >= 11 is 0. The van der Waals surface area contributed by atoms with Crippen LogP contribution in [0.1, 0.15) is 40.9 Å². The maximum Gasteiger partial charge on any atom is 0.251 e. The molecule has 2 unspecified atom stereocenters. The number of carbonyl (C=O) groups is 1.